The predicted molar refractivity (Wildman–Crippen MR) is 65.9 cm³/mol. The van der Waals surface area contributed by atoms with E-state index < -0.39 is 5.97 Å². The summed E-state index contributed by atoms with van der Waals surface area (Å²) in [5.41, 5.74) is 2.29. The van der Waals surface area contributed by atoms with Crippen LogP contribution in [0.5, 0.6) is 11.5 Å². The Bertz CT molecular complexity index is 445. The maximum absolute atomic E-state index is 10.4. The number of benzene rings is 1. The minimum atomic E-state index is -0.754. The number of carbonyl (C=O) groups is 1. The highest BCUT2D eigenvalue weighted by molar-refractivity contribution is 5.66. The lowest BCUT2D eigenvalue weighted by atomic mass is 10.1. The second-order valence-corrected chi connectivity index (χ2v) is 4.31. The molecule has 1 heterocycles. The summed E-state index contributed by atoms with van der Waals surface area (Å²) in [6.45, 7) is 3.71. The van der Waals surface area contributed by atoms with Crippen molar-refractivity contribution in [2.24, 2.45) is 0 Å². The topological polar surface area (TPSA) is 67.8 Å². The highest BCUT2D eigenvalue weighted by Crippen LogP contribution is 2.34. The molecule has 1 aliphatic rings. The van der Waals surface area contributed by atoms with Gasteiger partial charge >= 0.3 is 5.97 Å². The van der Waals surface area contributed by atoms with E-state index in [9.17, 15) is 4.79 Å². The number of nitrogens with one attached hydrogen (secondary N) is 1. The number of hydrogen-bond acceptors (Lipinski definition) is 4. The normalized spacial score (nSPS) is 12.7. The van der Waals surface area contributed by atoms with Gasteiger partial charge in [-0.3, -0.25) is 4.79 Å². The van der Waals surface area contributed by atoms with E-state index >= 15 is 0 Å². The summed E-state index contributed by atoms with van der Waals surface area (Å²) >= 11 is 0. The number of ether oxygens (including phenoxy) is 2. The molecule has 18 heavy (non-hydrogen) atoms. The summed E-state index contributed by atoms with van der Waals surface area (Å²) in [6, 6.07) is 3.94. The van der Waals surface area contributed by atoms with Crippen LogP contribution < -0.4 is 14.8 Å². The van der Waals surface area contributed by atoms with E-state index in [4.69, 9.17) is 14.6 Å². The van der Waals surface area contributed by atoms with Crippen LogP contribution in [0.3, 0.4) is 0 Å². The number of rotatable bonds is 6. The molecule has 0 aromatic heterocycles. The molecule has 5 nitrogen and oxygen atoms in total. The predicted octanol–water partition coefficient (Wildman–Crippen LogP) is 1.68. The summed E-state index contributed by atoms with van der Waals surface area (Å²) in [5, 5.41) is 11.8. The van der Waals surface area contributed by atoms with Crippen molar-refractivity contribution in [1.29, 1.82) is 0 Å². The molecule has 0 fully saturated rings. The van der Waals surface area contributed by atoms with Crippen LogP contribution in [0.4, 0.5) is 0 Å². The molecular formula is C13H17NO4. The molecule has 1 aliphatic heterocycles. The van der Waals surface area contributed by atoms with Crippen LogP contribution in [0, 0.1) is 6.92 Å². The molecule has 0 atom stereocenters. The van der Waals surface area contributed by atoms with Gasteiger partial charge in [-0.1, -0.05) is 0 Å². The molecule has 0 spiro atoms. The largest absolute Gasteiger partial charge is 0.481 e. The van der Waals surface area contributed by atoms with Gasteiger partial charge < -0.3 is 19.9 Å². The molecule has 0 bridgehead atoms. The second-order valence-electron chi connectivity index (χ2n) is 4.31. The van der Waals surface area contributed by atoms with Crippen LogP contribution in [-0.2, 0) is 11.3 Å². The van der Waals surface area contributed by atoms with Crippen LogP contribution >= 0.6 is 0 Å². The van der Waals surface area contributed by atoms with Crippen LogP contribution in [0.15, 0.2) is 12.1 Å². The minimum Gasteiger partial charge on any atom is -0.481 e. The average molecular weight is 251 g/mol. The highest BCUT2D eigenvalue weighted by atomic mass is 16.7. The lowest BCUT2D eigenvalue weighted by molar-refractivity contribution is -0.137. The third-order valence-electron chi connectivity index (χ3n) is 2.89. The first-order chi connectivity index (χ1) is 8.66. The number of aryl methyl sites for hydroxylation is 1. The van der Waals surface area contributed by atoms with E-state index in [1.54, 1.807) is 0 Å². The molecule has 0 saturated heterocycles. The van der Waals surface area contributed by atoms with Gasteiger partial charge in [0.2, 0.25) is 6.79 Å². The Morgan fingerprint density at radius 3 is 2.83 bits per heavy atom. The van der Waals surface area contributed by atoms with E-state index in [-0.39, 0.29) is 13.2 Å². The van der Waals surface area contributed by atoms with Gasteiger partial charge in [0.1, 0.15) is 0 Å². The van der Waals surface area contributed by atoms with Gasteiger partial charge in [0.05, 0.1) is 0 Å². The summed E-state index contributed by atoms with van der Waals surface area (Å²) < 4.78 is 10.6. The van der Waals surface area contributed by atoms with E-state index in [1.165, 1.54) is 0 Å². The molecule has 0 unspecified atom stereocenters. The first kappa shape index (κ1) is 12.7. The fraction of sp³-hybridized carbons (Fsp3) is 0.462. The van der Waals surface area contributed by atoms with Gasteiger partial charge in [0.25, 0.3) is 0 Å². The molecule has 0 saturated carbocycles. The number of carboxylic acids is 1. The fourth-order valence-electron chi connectivity index (χ4n) is 1.86. The Labute approximate surface area is 106 Å². The Kier molecular flexibility index (Phi) is 4.04. The fourth-order valence-corrected chi connectivity index (χ4v) is 1.86. The van der Waals surface area contributed by atoms with E-state index in [1.807, 2.05) is 19.1 Å². The van der Waals surface area contributed by atoms with Gasteiger partial charge in [-0.2, -0.15) is 0 Å². The maximum atomic E-state index is 10.4. The minimum absolute atomic E-state index is 0.202. The van der Waals surface area contributed by atoms with Crippen molar-refractivity contribution in [1.82, 2.24) is 5.32 Å². The van der Waals surface area contributed by atoms with Crippen molar-refractivity contribution >= 4 is 5.97 Å². The number of aliphatic carboxylic acids is 1. The quantitative estimate of drug-likeness (QED) is 0.753. The zero-order valence-electron chi connectivity index (χ0n) is 10.4. The van der Waals surface area contributed by atoms with Gasteiger partial charge in [0.15, 0.2) is 11.5 Å². The van der Waals surface area contributed by atoms with Crippen molar-refractivity contribution < 1.29 is 19.4 Å². The second kappa shape index (κ2) is 5.73. The molecular weight excluding hydrogens is 234 g/mol. The Morgan fingerprint density at radius 1 is 1.39 bits per heavy atom. The zero-order chi connectivity index (χ0) is 13.0. The maximum Gasteiger partial charge on any atom is 0.303 e. The molecule has 1 aromatic carbocycles. The number of fused-ring (bicyclic) bond motifs is 1. The van der Waals surface area contributed by atoms with Gasteiger partial charge in [-0.15, -0.1) is 0 Å². The third kappa shape index (κ3) is 3.13. The highest BCUT2D eigenvalue weighted by Gasteiger charge is 2.15. The van der Waals surface area contributed by atoms with E-state index in [0.717, 1.165) is 22.6 Å². The monoisotopic (exact) mass is 251 g/mol. The van der Waals surface area contributed by atoms with Crippen molar-refractivity contribution in [2.75, 3.05) is 13.3 Å². The van der Waals surface area contributed by atoms with Gasteiger partial charge in [0, 0.05) is 13.0 Å². The third-order valence-corrected chi connectivity index (χ3v) is 2.89. The number of hydrogen-bond donors (Lipinski definition) is 2. The first-order valence-corrected chi connectivity index (χ1v) is 5.98. The summed E-state index contributed by atoms with van der Waals surface area (Å²) in [7, 11) is 0. The van der Waals surface area contributed by atoms with Crippen LogP contribution in [0.2, 0.25) is 0 Å². The number of carboxylic acid groups (broad SMARTS) is 1. The lowest BCUT2D eigenvalue weighted by Crippen LogP contribution is -2.16. The van der Waals surface area contributed by atoms with Gasteiger partial charge in [-0.25, -0.2) is 0 Å². The van der Waals surface area contributed by atoms with Crippen molar-refractivity contribution in [3.05, 3.63) is 23.3 Å². The zero-order valence-corrected chi connectivity index (χ0v) is 10.4. The van der Waals surface area contributed by atoms with E-state index in [2.05, 4.69) is 5.32 Å². The van der Waals surface area contributed by atoms with Crippen molar-refractivity contribution in [2.45, 2.75) is 26.3 Å². The molecule has 0 aliphatic carbocycles. The molecule has 0 amide bonds. The van der Waals surface area contributed by atoms with Crippen molar-refractivity contribution in [3.8, 4) is 11.5 Å². The first-order valence-electron chi connectivity index (χ1n) is 5.98. The summed E-state index contributed by atoms with van der Waals surface area (Å²) in [6.07, 6.45) is 0.839. The Hall–Kier alpha value is -1.75. The molecule has 98 valence electrons. The molecule has 1 aromatic rings. The molecule has 2 rings (SSSR count). The SMILES string of the molecule is Cc1cc2c(cc1CNCCCC(=O)O)OCO2. The summed E-state index contributed by atoms with van der Waals surface area (Å²) in [5.74, 6) is 0.820. The average Bonchev–Trinajstić information content (AvgIpc) is 2.75. The Balaban J connectivity index is 1.84. The summed E-state index contributed by atoms with van der Waals surface area (Å²) in [4.78, 5) is 10.4. The molecule has 5 heteroatoms. The van der Waals surface area contributed by atoms with Crippen LogP contribution in [0.1, 0.15) is 24.0 Å². The smallest absolute Gasteiger partial charge is 0.303 e. The Morgan fingerprint density at radius 2 is 2.11 bits per heavy atom. The van der Waals surface area contributed by atoms with Crippen molar-refractivity contribution in [3.63, 3.8) is 0 Å². The van der Waals surface area contributed by atoms with Crippen LogP contribution in [0.25, 0.3) is 0 Å². The van der Waals surface area contributed by atoms with E-state index in [0.29, 0.717) is 19.5 Å². The molecule has 2 N–H and O–H groups in total. The van der Waals surface area contributed by atoms with Crippen LogP contribution in [-0.4, -0.2) is 24.4 Å². The van der Waals surface area contributed by atoms with Gasteiger partial charge in [-0.05, 0) is 43.1 Å². The molecule has 0 radical (unpaired) electrons. The standard InChI is InChI=1S/C13H17NO4/c1-9-5-11-12(18-8-17-11)6-10(9)7-14-4-2-3-13(15)16/h5-6,14H,2-4,7-8H2,1H3,(H,15,16). The lowest BCUT2D eigenvalue weighted by Gasteiger charge is -2.08.